The van der Waals surface area contributed by atoms with Crippen LogP contribution in [0.2, 0.25) is 0 Å². The van der Waals surface area contributed by atoms with E-state index in [-0.39, 0.29) is 18.2 Å². The van der Waals surface area contributed by atoms with Gasteiger partial charge in [-0.1, -0.05) is 51.1 Å². The van der Waals surface area contributed by atoms with Gasteiger partial charge in [-0.15, -0.1) is 11.3 Å². The molecule has 0 fully saturated rings. The molecule has 29 heavy (non-hydrogen) atoms. The van der Waals surface area contributed by atoms with E-state index in [0.29, 0.717) is 0 Å². The first-order chi connectivity index (χ1) is 13.7. The molecule has 3 rings (SSSR count). The number of aromatic nitrogens is 1. The Morgan fingerprint density at radius 2 is 1.69 bits per heavy atom. The van der Waals surface area contributed by atoms with Crippen molar-refractivity contribution in [2.24, 2.45) is 5.41 Å². The molecule has 2 N–H and O–H groups in total. The smallest absolute Gasteiger partial charge is 0.231 e. The fourth-order valence-corrected chi connectivity index (χ4v) is 3.41. The molecule has 0 aliphatic rings. The van der Waals surface area contributed by atoms with Gasteiger partial charge in [0.25, 0.3) is 0 Å². The zero-order valence-electron chi connectivity index (χ0n) is 17.1. The van der Waals surface area contributed by atoms with Gasteiger partial charge < -0.3 is 10.6 Å². The number of aryl methyl sites for hydroxylation is 1. The van der Waals surface area contributed by atoms with E-state index < -0.39 is 5.41 Å². The van der Waals surface area contributed by atoms with E-state index in [4.69, 9.17) is 0 Å². The first-order valence-electron chi connectivity index (χ1n) is 9.44. The predicted molar refractivity (Wildman–Crippen MR) is 119 cm³/mol. The highest BCUT2D eigenvalue weighted by Crippen LogP contribution is 2.25. The summed E-state index contributed by atoms with van der Waals surface area (Å²) in [4.78, 5) is 29.0. The van der Waals surface area contributed by atoms with Crippen molar-refractivity contribution in [2.45, 2.75) is 34.1 Å². The second-order valence-corrected chi connectivity index (χ2v) is 8.89. The van der Waals surface area contributed by atoms with Crippen molar-refractivity contribution in [1.82, 2.24) is 4.98 Å². The fraction of sp³-hybridized carbons (Fsp3) is 0.261. The molecule has 0 unspecified atom stereocenters. The maximum absolute atomic E-state index is 12.3. The summed E-state index contributed by atoms with van der Waals surface area (Å²) in [5.41, 5.74) is 3.92. The average molecular weight is 408 g/mol. The number of nitrogens with zero attached hydrogens (tertiary/aromatic N) is 1. The number of para-hydroxylation sites is 1. The lowest BCUT2D eigenvalue weighted by molar-refractivity contribution is -0.123. The van der Waals surface area contributed by atoms with E-state index in [2.05, 4.69) is 15.6 Å². The van der Waals surface area contributed by atoms with Gasteiger partial charge in [-0.2, -0.15) is 0 Å². The van der Waals surface area contributed by atoms with E-state index in [1.54, 1.807) is 0 Å². The number of carbonyl (C=O) groups is 2. The van der Waals surface area contributed by atoms with Crippen LogP contribution in [0.4, 0.5) is 11.4 Å². The number of thiazole rings is 1. The van der Waals surface area contributed by atoms with Crippen LogP contribution in [-0.4, -0.2) is 16.8 Å². The van der Waals surface area contributed by atoms with Crippen LogP contribution in [0.25, 0.3) is 11.3 Å². The van der Waals surface area contributed by atoms with Gasteiger partial charge in [0.05, 0.1) is 12.1 Å². The van der Waals surface area contributed by atoms with Crippen molar-refractivity contribution in [3.8, 4) is 11.3 Å². The molecule has 2 aromatic carbocycles. The second kappa shape index (κ2) is 8.57. The number of anilines is 2. The summed E-state index contributed by atoms with van der Waals surface area (Å²) >= 11 is 1.46. The van der Waals surface area contributed by atoms with E-state index in [0.717, 1.165) is 33.2 Å². The molecule has 6 heteroatoms. The highest BCUT2D eigenvalue weighted by molar-refractivity contribution is 7.10. The van der Waals surface area contributed by atoms with Crippen LogP contribution < -0.4 is 10.6 Å². The molecule has 150 valence electrons. The maximum atomic E-state index is 12.3. The van der Waals surface area contributed by atoms with Crippen LogP contribution in [0.3, 0.4) is 0 Å². The monoisotopic (exact) mass is 407 g/mol. The second-order valence-electron chi connectivity index (χ2n) is 7.95. The summed E-state index contributed by atoms with van der Waals surface area (Å²) in [5, 5.41) is 8.55. The van der Waals surface area contributed by atoms with Gasteiger partial charge in [0.1, 0.15) is 5.01 Å². The largest absolute Gasteiger partial charge is 0.326 e. The summed E-state index contributed by atoms with van der Waals surface area (Å²) in [6, 6.07) is 15.3. The van der Waals surface area contributed by atoms with E-state index in [1.165, 1.54) is 11.3 Å². The van der Waals surface area contributed by atoms with Gasteiger partial charge in [-0.3, -0.25) is 9.59 Å². The van der Waals surface area contributed by atoms with Crippen molar-refractivity contribution in [3.63, 3.8) is 0 Å². The Labute approximate surface area is 175 Å². The zero-order valence-corrected chi connectivity index (χ0v) is 17.9. The van der Waals surface area contributed by atoms with Crippen molar-refractivity contribution < 1.29 is 9.59 Å². The Morgan fingerprint density at radius 1 is 1.00 bits per heavy atom. The Bertz CT molecular complexity index is 1020. The first kappa shape index (κ1) is 20.7. The van der Waals surface area contributed by atoms with Gasteiger partial charge in [0, 0.05) is 27.7 Å². The molecule has 3 aromatic rings. The molecule has 0 saturated heterocycles. The molecule has 2 amide bonds. The summed E-state index contributed by atoms with van der Waals surface area (Å²) in [7, 11) is 0. The SMILES string of the molecule is Cc1ccccc1NC(=O)Cc1nc(-c2ccc(NC(=O)C(C)(C)C)cc2)cs1. The lowest BCUT2D eigenvalue weighted by Crippen LogP contribution is -2.27. The number of hydrogen-bond donors (Lipinski definition) is 2. The van der Waals surface area contributed by atoms with Crippen LogP contribution >= 0.6 is 11.3 Å². The van der Waals surface area contributed by atoms with Gasteiger partial charge in [-0.25, -0.2) is 4.98 Å². The molecule has 0 radical (unpaired) electrons. The number of benzene rings is 2. The summed E-state index contributed by atoms with van der Waals surface area (Å²) in [6.07, 6.45) is 0.235. The minimum absolute atomic E-state index is 0.0270. The average Bonchev–Trinajstić information content (AvgIpc) is 3.12. The quantitative estimate of drug-likeness (QED) is 0.604. The number of amides is 2. The minimum Gasteiger partial charge on any atom is -0.326 e. The van der Waals surface area contributed by atoms with E-state index >= 15 is 0 Å². The first-order valence-corrected chi connectivity index (χ1v) is 10.3. The van der Waals surface area contributed by atoms with Gasteiger partial charge in [0.2, 0.25) is 11.8 Å². The topological polar surface area (TPSA) is 71.1 Å². The number of rotatable bonds is 5. The van der Waals surface area contributed by atoms with Crippen LogP contribution in [-0.2, 0) is 16.0 Å². The molecule has 5 nitrogen and oxygen atoms in total. The molecule has 0 aliphatic heterocycles. The highest BCUT2D eigenvalue weighted by Gasteiger charge is 2.21. The van der Waals surface area contributed by atoms with E-state index in [9.17, 15) is 9.59 Å². The normalized spacial score (nSPS) is 11.2. The minimum atomic E-state index is -0.443. The third-order valence-electron chi connectivity index (χ3n) is 4.40. The number of nitrogens with one attached hydrogen (secondary N) is 2. The lowest BCUT2D eigenvalue weighted by Gasteiger charge is -2.17. The molecular formula is C23H25N3O2S. The summed E-state index contributed by atoms with van der Waals surface area (Å²) < 4.78 is 0. The molecule has 0 bridgehead atoms. The Hall–Kier alpha value is -2.99. The van der Waals surface area contributed by atoms with Crippen molar-refractivity contribution in [2.75, 3.05) is 10.6 Å². The molecule has 0 atom stereocenters. The van der Waals surface area contributed by atoms with Gasteiger partial charge in [0.15, 0.2) is 0 Å². The lowest BCUT2D eigenvalue weighted by atomic mass is 9.95. The summed E-state index contributed by atoms with van der Waals surface area (Å²) in [5.74, 6) is -0.110. The van der Waals surface area contributed by atoms with Crippen molar-refractivity contribution >= 4 is 34.5 Å². The van der Waals surface area contributed by atoms with E-state index in [1.807, 2.05) is 81.6 Å². The standard InChI is InChI=1S/C23H25N3O2S/c1-15-7-5-6-8-18(15)25-20(27)13-21-26-19(14-29-21)16-9-11-17(12-10-16)24-22(28)23(2,3)4/h5-12,14H,13H2,1-4H3,(H,24,28)(H,25,27). The third-order valence-corrected chi connectivity index (χ3v) is 5.25. The number of carbonyl (C=O) groups excluding carboxylic acids is 2. The van der Waals surface area contributed by atoms with Crippen molar-refractivity contribution in [1.29, 1.82) is 0 Å². The Kier molecular flexibility index (Phi) is 6.13. The molecule has 0 aliphatic carbocycles. The molecule has 0 saturated carbocycles. The highest BCUT2D eigenvalue weighted by atomic mass is 32.1. The Morgan fingerprint density at radius 3 is 2.34 bits per heavy atom. The zero-order chi connectivity index (χ0) is 21.0. The molecule has 1 heterocycles. The molecular weight excluding hydrogens is 382 g/mol. The van der Waals surface area contributed by atoms with Gasteiger partial charge >= 0.3 is 0 Å². The maximum Gasteiger partial charge on any atom is 0.231 e. The third kappa shape index (κ3) is 5.51. The van der Waals surface area contributed by atoms with Crippen LogP contribution in [0.1, 0.15) is 31.3 Å². The molecule has 1 aromatic heterocycles. The van der Waals surface area contributed by atoms with Crippen LogP contribution in [0.5, 0.6) is 0 Å². The van der Waals surface area contributed by atoms with Crippen LogP contribution in [0, 0.1) is 12.3 Å². The van der Waals surface area contributed by atoms with Crippen LogP contribution in [0.15, 0.2) is 53.9 Å². The fourth-order valence-electron chi connectivity index (χ4n) is 2.61. The predicted octanol–water partition coefficient (Wildman–Crippen LogP) is 5.28. The molecule has 0 spiro atoms. The van der Waals surface area contributed by atoms with Gasteiger partial charge in [-0.05, 0) is 30.7 Å². The Balaban J connectivity index is 1.63. The summed E-state index contributed by atoms with van der Waals surface area (Å²) in [6.45, 7) is 7.60. The number of hydrogen-bond acceptors (Lipinski definition) is 4. The van der Waals surface area contributed by atoms with Crippen molar-refractivity contribution in [3.05, 3.63) is 64.5 Å².